The second kappa shape index (κ2) is 10.5. The number of benzene rings is 1. The lowest BCUT2D eigenvalue weighted by molar-refractivity contribution is -0.384. The largest absolute Gasteiger partial charge is 0.464 e. The molecule has 9 nitrogen and oxygen atoms in total. The number of methoxy groups -OCH3 is 1. The van der Waals surface area contributed by atoms with E-state index < -0.39 is 10.9 Å². The van der Waals surface area contributed by atoms with E-state index in [0.29, 0.717) is 31.2 Å². The first-order valence-corrected chi connectivity index (χ1v) is 9.48. The second-order valence-corrected chi connectivity index (χ2v) is 6.65. The number of thiazole rings is 1. The van der Waals surface area contributed by atoms with Crippen LogP contribution in [-0.4, -0.2) is 53.6 Å². The van der Waals surface area contributed by atoms with Crippen LogP contribution >= 0.6 is 11.3 Å². The highest BCUT2D eigenvalue weighted by Crippen LogP contribution is 2.18. The Bertz CT molecular complexity index is 838. The zero-order valence-corrected chi connectivity index (χ0v) is 16.4. The van der Waals surface area contributed by atoms with Gasteiger partial charge in [0, 0.05) is 42.8 Å². The van der Waals surface area contributed by atoms with Crippen LogP contribution in [0.15, 0.2) is 29.6 Å². The van der Waals surface area contributed by atoms with Crippen LogP contribution < -0.4 is 0 Å². The Kier molecular flexibility index (Phi) is 8.02. The lowest BCUT2D eigenvalue weighted by Gasteiger charge is -2.21. The van der Waals surface area contributed by atoms with Crippen LogP contribution in [0.25, 0.3) is 0 Å². The average molecular weight is 407 g/mol. The molecule has 0 aliphatic heterocycles. The van der Waals surface area contributed by atoms with E-state index >= 15 is 0 Å². The molecular weight excluding hydrogens is 386 g/mol. The van der Waals surface area contributed by atoms with Gasteiger partial charge >= 0.3 is 5.97 Å². The number of nitro benzene ring substituents is 1. The first kappa shape index (κ1) is 21.5. The van der Waals surface area contributed by atoms with Crippen LogP contribution in [0.1, 0.15) is 39.2 Å². The predicted molar refractivity (Wildman–Crippen MR) is 102 cm³/mol. The Hall–Kier alpha value is -2.85. The van der Waals surface area contributed by atoms with Gasteiger partial charge in [0.2, 0.25) is 0 Å². The average Bonchev–Trinajstić information content (AvgIpc) is 3.17. The fourth-order valence-corrected chi connectivity index (χ4v) is 3.21. The van der Waals surface area contributed by atoms with Crippen LogP contribution in [0, 0.1) is 10.1 Å². The van der Waals surface area contributed by atoms with Crippen LogP contribution in [0.3, 0.4) is 0 Å². The molecule has 0 saturated carbocycles. The summed E-state index contributed by atoms with van der Waals surface area (Å²) in [6, 6.07) is 5.59. The molecule has 0 spiro atoms. The monoisotopic (exact) mass is 407 g/mol. The molecule has 0 bridgehead atoms. The number of carbonyl (C=O) groups excluding carboxylic acids is 2. The first-order chi connectivity index (χ1) is 13.5. The molecular formula is C18H21N3O6S. The molecule has 2 rings (SSSR count). The number of non-ortho nitro benzene ring substituents is 1. The van der Waals surface area contributed by atoms with E-state index in [1.165, 1.54) is 47.6 Å². The van der Waals surface area contributed by atoms with Crippen molar-refractivity contribution in [1.82, 2.24) is 9.88 Å². The van der Waals surface area contributed by atoms with Crippen LogP contribution in [0.5, 0.6) is 0 Å². The Morgan fingerprint density at radius 3 is 2.82 bits per heavy atom. The third kappa shape index (κ3) is 5.83. The normalized spacial score (nSPS) is 10.5. The molecule has 1 amide bonds. The van der Waals surface area contributed by atoms with Crippen LogP contribution in [0.4, 0.5) is 5.69 Å². The number of amides is 1. The van der Waals surface area contributed by atoms with E-state index in [4.69, 9.17) is 4.74 Å². The van der Waals surface area contributed by atoms with Gasteiger partial charge in [-0.1, -0.05) is 6.07 Å². The first-order valence-electron chi connectivity index (χ1n) is 8.60. The molecule has 0 saturated heterocycles. The number of nitro groups is 1. The smallest absolute Gasteiger partial charge is 0.357 e. The molecule has 28 heavy (non-hydrogen) atoms. The minimum absolute atomic E-state index is 0.151. The zero-order valence-electron chi connectivity index (χ0n) is 15.6. The fourth-order valence-electron chi connectivity index (χ4n) is 2.43. The maximum atomic E-state index is 12.9. The summed E-state index contributed by atoms with van der Waals surface area (Å²) in [6.45, 7) is 3.51. The Morgan fingerprint density at radius 2 is 2.14 bits per heavy atom. The molecule has 10 heteroatoms. The van der Waals surface area contributed by atoms with Crippen LogP contribution in [0.2, 0.25) is 0 Å². The molecule has 0 N–H and O–H groups in total. The van der Waals surface area contributed by atoms with Gasteiger partial charge in [-0.3, -0.25) is 14.9 Å². The third-order valence-electron chi connectivity index (χ3n) is 3.78. The summed E-state index contributed by atoms with van der Waals surface area (Å²) in [6.07, 6.45) is 0.601. The molecule has 1 aromatic heterocycles. The molecule has 2 aromatic rings. The van der Waals surface area contributed by atoms with Gasteiger partial charge in [-0.15, -0.1) is 11.3 Å². The summed E-state index contributed by atoms with van der Waals surface area (Å²) in [4.78, 5) is 40.7. The van der Waals surface area contributed by atoms with Crippen molar-refractivity contribution in [2.24, 2.45) is 0 Å². The summed E-state index contributed by atoms with van der Waals surface area (Å²) in [7, 11) is 1.27. The van der Waals surface area contributed by atoms with E-state index in [1.54, 1.807) is 5.38 Å². The minimum atomic E-state index is -0.546. The maximum absolute atomic E-state index is 12.9. The molecule has 150 valence electrons. The molecule has 1 aromatic carbocycles. The highest BCUT2D eigenvalue weighted by atomic mass is 32.1. The van der Waals surface area contributed by atoms with Crippen molar-refractivity contribution >= 4 is 28.9 Å². The lowest BCUT2D eigenvalue weighted by atomic mass is 10.1. The van der Waals surface area contributed by atoms with Crippen molar-refractivity contribution in [3.05, 3.63) is 56.0 Å². The van der Waals surface area contributed by atoms with Gasteiger partial charge in [0.1, 0.15) is 5.01 Å². The van der Waals surface area contributed by atoms with Gasteiger partial charge in [-0.05, 0) is 19.4 Å². The lowest BCUT2D eigenvalue weighted by Crippen LogP contribution is -2.32. The zero-order chi connectivity index (χ0) is 20.5. The quantitative estimate of drug-likeness (QED) is 0.258. The number of hydrogen-bond acceptors (Lipinski definition) is 8. The molecule has 0 atom stereocenters. The standard InChI is InChI=1S/C18H21N3O6S/c1-3-27-9-5-8-20(11-16-19-15(12-28-16)18(23)26-2)17(22)13-6-4-7-14(10-13)21(24)25/h4,6-7,10,12H,3,5,8-9,11H2,1-2H3. The number of aromatic nitrogens is 1. The number of nitrogens with zero attached hydrogens (tertiary/aromatic N) is 3. The van der Waals surface area contributed by atoms with Crippen molar-refractivity contribution < 1.29 is 24.0 Å². The van der Waals surface area contributed by atoms with E-state index in [9.17, 15) is 19.7 Å². The van der Waals surface area contributed by atoms with Crippen LogP contribution in [-0.2, 0) is 16.0 Å². The van der Waals surface area contributed by atoms with E-state index in [0.717, 1.165) is 0 Å². The number of hydrogen-bond donors (Lipinski definition) is 0. The predicted octanol–water partition coefficient (Wildman–Crippen LogP) is 2.91. The number of carbonyl (C=O) groups is 2. The molecule has 0 aliphatic carbocycles. The van der Waals surface area contributed by atoms with Crippen molar-refractivity contribution in [3.63, 3.8) is 0 Å². The minimum Gasteiger partial charge on any atom is -0.464 e. The maximum Gasteiger partial charge on any atom is 0.357 e. The fraction of sp³-hybridized carbons (Fsp3) is 0.389. The highest BCUT2D eigenvalue weighted by molar-refractivity contribution is 7.09. The van der Waals surface area contributed by atoms with E-state index in [-0.39, 0.29) is 29.4 Å². The van der Waals surface area contributed by atoms with E-state index in [2.05, 4.69) is 9.72 Å². The molecule has 0 unspecified atom stereocenters. The molecule has 0 aliphatic rings. The van der Waals surface area contributed by atoms with Gasteiger partial charge in [0.05, 0.1) is 18.6 Å². The molecule has 0 fully saturated rings. The topological polar surface area (TPSA) is 112 Å². The van der Waals surface area contributed by atoms with Gasteiger partial charge < -0.3 is 14.4 Å². The Balaban J connectivity index is 2.19. The van der Waals surface area contributed by atoms with Gasteiger partial charge in [0.15, 0.2) is 5.69 Å². The molecule has 0 radical (unpaired) electrons. The van der Waals surface area contributed by atoms with E-state index in [1.807, 2.05) is 6.92 Å². The summed E-state index contributed by atoms with van der Waals surface area (Å²) >= 11 is 1.24. The second-order valence-electron chi connectivity index (χ2n) is 5.70. The summed E-state index contributed by atoms with van der Waals surface area (Å²) in [5.41, 5.74) is 0.247. The van der Waals surface area contributed by atoms with Crippen molar-refractivity contribution in [3.8, 4) is 0 Å². The summed E-state index contributed by atoms with van der Waals surface area (Å²) < 4.78 is 9.96. The third-order valence-corrected chi connectivity index (χ3v) is 4.62. The number of rotatable bonds is 10. The van der Waals surface area contributed by atoms with Gasteiger partial charge in [-0.2, -0.15) is 0 Å². The summed E-state index contributed by atoms with van der Waals surface area (Å²) in [5.74, 6) is -0.898. The van der Waals surface area contributed by atoms with Crippen molar-refractivity contribution in [2.75, 3.05) is 26.9 Å². The SMILES string of the molecule is CCOCCCN(Cc1nc(C(=O)OC)cs1)C(=O)c1cccc([N+](=O)[O-])c1. The number of esters is 1. The van der Waals surface area contributed by atoms with Crippen molar-refractivity contribution in [2.45, 2.75) is 19.9 Å². The van der Waals surface area contributed by atoms with Gasteiger partial charge in [0.25, 0.3) is 11.6 Å². The summed E-state index contributed by atoms with van der Waals surface area (Å²) in [5, 5.41) is 13.1. The van der Waals surface area contributed by atoms with Gasteiger partial charge in [-0.25, -0.2) is 9.78 Å². The number of ether oxygens (including phenoxy) is 2. The Labute approximate surface area is 166 Å². The Morgan fingerprint density at radius 1 is 1.36 bits per heavy atom. The molecule has 1 heterocycles. The highest BCUT2D eigenvalue weighted by Gasteiger charge is 2.20. The van der Waals surface area contributed by atoms with Crippen molar-refractivity contribution in [1.29, 1.82) is 0 Å².